The fraction of sp³-hybridized carbons (Fsp3) is 0.286. The number of benzene rings is 2. The lowest BCUT2D eigenvalue weighted by molar-refractivity contribution is 0.102. The maximum absolute atomic E-state index is 13.0. The number of amides is 1. The second kappa shape index (κ2) is 10.2. The van der Waals surface area contributed by atoms with Gasteiger partial charge in [0.1, 0.15) is 0 Å². The minimum atomic E-state index is -0.178. The molecule has 1 saturated heterocycles. The van der Waals surface area contributed by atoms with Crippen LogP contribution in [0.2, 0.25) is 0 Å². The molecule has 3 heterocycles. The maximum Gasteiger partial charge on any atom is 0.256 e. The van der Waals surface area contributed by atoms with E-state index in [1.54, 1.807) is 0 Å². The molecule has 7 nitrogen and oxygen atoms in total. The van der Waals surface area contributed by atoms with Crippen LogP contribution < -0.4 is 16.0 Å². The van der Waals surface area contributed by atoms with Gasteiger partial charge in [0.15, 0.2) is 5.82 Å². The summed E-state index contributed by atoms with van der Waals surface area (Å²) in [7, 11) is 0. The lowest BCUT2D eigenvalue weighted by Gasteiger charge is -2.23. The number of piperidine rings is 1. The lowest BCUT2D eigenvalue weighted by atomic mass is 9.89. The average molecular weight is 467 g/mol. The number of nitrogens with one attached hydrogen (secondary N) is 3. The number of rotatable bonds is 6. The van der Waals surface area contributed by atoms with E-state index in [1.165, 1.54) is 5.56 Å². The number of aromatic nitrogens is 3. The lowest BCUT2D eigenvalue weighted by Crippen LogP contribution is -2.26. The zero-order valence-corrected chi connectivity index (χ0v) is 20.1. The smallest absolute Gasteiger partial charge is 0.256 e. The Morgan fingerprint density at radius 1 is 0.971 bits per heavy atom. The third-order valence-electron chi connectivity index (χ3n) is 6.31. The van der Waals surface area contributed by atoms with E-state index in [2.05, 4.69) is 57.1 Å². The van der Waals surface area contributed by atoms with Gasteiger partial charge in [0.25, 0.3) is 5.91 Å². The van der Waals surface area contributed by atoms with Crippen molar-refractivity contribution in [2.45, 2.75) is 38.6 Å². The summed E-state index contributed by atoms with van der Waals surface area (Å²) < 4.78 is 0. The van der Waals surface area contributed by atoms with E-state index in [-0.39, 0.29) is 5.91 Å². The van der Waals surface area contributed by atoms with Crippen LogP contribution in [0.4, 0.5) is 11.5 Å². The van der Waals surface area contributed by atoms with Crippen molar-refractivity contribution in [2.24, 2.45) is 0 Å². The van der Waals surface area contributed by atoms with Gasteiger partial charge in [-0.1, -0.05) is 18.2 Å². The molecule has 1 amide bonds. The molecule has 0 saturated carbocycles. The normalized spacial score (nSPS) is 14.3. The molecule has 0 atom stereocenters. The molecular formula is C28H30N6O. The Bertz CT molecular complexity index is 1350. The molecule has 7 heteroatoms. The Labute approximate surface area is 205 Å². The number of hydrogen-bond donors (Lipinski definition) is 3. The van der Waals surface area contributed by atoms with E-state index in [9.17, 15) is 4.79 Å². The molecule has 35 heavy (non-hydrogen) atoms. The standard InChI is InChI=1S/C28H30N6O/c1-18(2)31-25-14-24(16-30-17-25)21-6-7-26-23(13-21)15-27(34-33-26)32-28(35)22-5-3-4-20(12-22)19-8-10-29-11-9-19/h3-7,12-19,29,31H,8-11H2,1-2H3,(H,32,34,35). The van der Waals surface area contributed by atoms with Crippen molar-refractivity contribution in [1.29, 1.82) is 0 Å². The summed E-state index contributed by atoms with van der Waals surface area (Å²) in [6.07, 6.45) is 5.86. The number of carbonyl (C=O) groups excluding carboxylic acids is 1. The van der Waals surface area contributed by atoms with Crippen LogP contribution in [0.5, 0.6) is 0 Å². The molecule has 4 aromatic rings. The maximum atomic E-state index is 13.0. The van der Waals surface area contributed by atoms with Gasteiger partial charge >= 0.3 is 0 Å². The summed E-state index contributed by atoms with van der Waals surface area (Å²) in [5, 5.41) is 19.1. The molecule has 178 valence electrons. The van der Waals surface area contributed by atoms with Crippen LogP contribution in [0.25, 0.3) is 22.0 Å². The summed E-state index contributed by atoms with van der Waals surface area (Å²) in [6, 6.07) is 18.2. The molecule has 0 unspecified atom stereocenters. The van der Waals surface area contributed by atoms with Gasteiger partial charge in [-0.05, 0) is 93.2 Å². The van der Waals surface area contributed by atoms with Gasteiger partial charge in [-0.15, -0.1) is 10.2 Å². The molecule has 2 aromatic carbocycles. The Hall–Kier alpha value is -3.84. The topological polar surface area (TPSA) is 91.8 Å². The SMILES string of the molecule is CC(C)Nc1cncc(-c2ccc3nnc(NC(=O)c4cccc(C5CCNCC5)c4)cc3c2)c1. The fourth-order valence-corrected chi connectivity index (χ4v) is 4.57. The third-order valence-corrected chi connectivity index (χ3v) is 6.31. The number of carbonyl (C=O) groups is 1. The molecule has 0 spiro atoms. The van der Waals surface area contributed by atoms with Crippen molar-refractivity contribution in [1.82, 2.24) is 20.5 Å². The van der Waals surface area contributed by atoms with Gasteiger partial charge in [0, 0.05) is 34.9 Å². The molecule has 1 fully saturated rings. The van der Waals surface area contributed by atoms with Crippen LogP contribution in [0.15, 0.2) is 67.0 Å². The highest BCUT2D eigenvalue weighted by atomic mass is 16.1. The average Bonchev–Trinajstić information content (AvgIpc) is 2.88. The molecule has 0 bridgehead atoms. The van der Waals surface area contributed by atoms with Crippen LogP contribution >= 0.6 is 0 Å². The summed E-state index contributed by atoms with van der Waals surface area (Å²) in [5.74, 6) is 0.745. The second-order valence-corrected chi connectivity index (χ2v) is 9.37. The van der Waals surface area contributed by atoms with Crippen molar-refractivity contribution in [3.8, 4) is 11.1 Å². The van der Waals surface area contributed by atoms with Crippen LogP contribution in [0.3, 0.4) is 0 Å². The van der Waals surface area contributed by atoms with Crippen molar-refractivity contribution in [2.75, 3.05) is 23.7 Å². The van der Waals surface area contributed by atoms with Crippen molar-refractivity contribution in [3.63, 3.8) is 0 Å². The molecular weight excluding hydrogens is 436 g/mol. The zero-order chi connectivity index (χ0) is 24.2. The first-order valence-electron chi connectivity index (χ1n) is 12.2. The summed E-state index contributed by atoms with van der Waals surface area (Å²) in [4.78, 5) is 17.4. The van der Waals surface area contributed by atoms with E-state index in [0.717, 1.165) is 53.6 Å². The van der Waals surface area contributed by atoms with E-state index in [1.807, 2.05) is 54.9 Å². The predicted octanol–water partition coefficient (Wildman–Crippen LogP) is 5.23. The Morgan fingerprint density at radius 2 is 1.83 bits per heavy atom. The molecule has 2 aromatic heterocycles. The quantitative estimate of drug-likeness (QED) is 0.360. The van der Waals surface area contributed by atoms with Crippen LogP contribution in [-0.4, -0.2) is 40.2 Å². The van der Waals surface area contributed by atoms with Gasteiger partial charge in [0.2, 0.25) is 0 Å². The first-order chi connectivity index (χ1) is 17.0. The summed E-state index contributed by atoms with van der Waals surface area (Å²) in [6.45, 7) is 6.23. The number of hydrogen-bond acceptors (Lipinski definition) is 6. The minimum absolute atomic E-state index is 0.178. The molecule has 1 aliphatic heterocycles. The van der Waals surface area contributed by atoms with Crippen LogP contribution in [0, 0.1) is 0 Å². The van der Waals surface area contributed by atoms with Gasteiger partial charge in [-0.3, -0.25) is 9.78 Å². The highest BCUT2D eigenvalue weighted by Crippen LogP contribution is 2.27. The molecule has 0 radical (unpaired) electrons. The second-order valence-electron chi connectivity index (χ2n) is 9.37. The van der Waals surface area contributed by atoms with Gasteiger partial charge in [-0.2, -0.15) is 0 Å². The Balaban J connectivity index is 1.36. The first kappa shape index (κ1) is 22.9. The van der Waals surface area contributed by atoms with Crippen molar-refractivity contribution in [3.05, 3.63) is 78.1 Å². The number of anilines is 2. The molecule has 1 aliphatic rings. The largest absolute Gasteiger partial charge is 0.382 e. The summed E-state index contributed by atoms with van der Waals surface area (Å²) in [5.41, 5.74) is 5.63. The summed E-state index contributed by atoms with van der Waals surface area (Å²) >= 11 is 0. The van der Waals surface area contributed by atoms with Crippen molar-refractivity contribution < 1.29 is 4.79 Å². The van der Waals surface area contributed by atoms with E-state index in [4.69, 9.17) is 0 Å². The Morgan fingerprint density at radius 3 is 2.66 bits per heavy atom. The fourth-order valence-electron chi connectivity index (χ4n) is 4.57. The Kier molecular flexibility index (Phi) is 6.68. The van der Waals surface area contributed by atoms with Gasteiger partial charge < -0.3 is 16.0 Å². The zero-order valence-electron chi connectivity index (χ0n) is 20.1. The van der Waals surface area contributed by atoms with Crippen LogP contribution in [-0.2, 0) is 0 Å². The van der Waals surface area contributed by atoms with Crippen molar-refractivity contribution >= 4 is 28.3 Å². The first-order valence-corrected chi connectivity index (χ1v) is 12.2. The number of pyridine rings is 1. The minimum Gasteiger partial charge on any atom is -0.382 e. The number of nitrogens with zero attached hydrogens (tertiary/aromatic N) is 3. The predicted molar refractivity (Wildman–Crippen MR) is 141 cm³/mol. The van der Waals surface area contributed by atoms with E-state index in [0.29, 0.717) is 23.3 Å². The van der Waals surface area contributed by atoms with Crippen LogP contribution in [0.1, 0.15) is 48.5 Å². The highest BCUT2D eigenvalue weighted by Gasteiger charge is 2.17. The van der Waals surface area contributed by atoms with E-state index >= 15 is 0 Å². The highest BCUT2D eigenvalue weighted by molar-refractivity contribution is 6.04. The molecule has 5 rings (SSSR count). The van der Waals surface area contributed by atoms with Gasteiger partial charge in [0.05, 0.1) is 11.2 Å². The monoisotopic (exact) mass is 466 g/mol. The van der Waals surface area contributed by atoms with Gasteiger partial charge in [-0.25, -0.2) is 0 Å². The number of fused-ring (bicyclic) bond motifs is 1. The van der Waals surface area contributed by atoms with E-state index < -0.39 is 0 Å². The molecule has 3 N–H and O–H groups in total. The molecule has 0 aliphatic carbocycles. The third kappa shape index (κ3) is 5.46.